The van der Waals surface area contributed by atoms with Crippen molar-refractivity contribution >= 4 is 17.2 Å². The van der Waals surface area contributed by atoms with Crippen molar-refractivity contribution in [3.8, 4) is 16.3 Å². The molecule has 0 bridgehead atoms. The van der Waals surface area contributed by atoms with Gasteiger partial charge in [0.25, 0.3) is 5.91 Å². The third-order valence-electron chi connectivity index (χ3n) is 4.97. The zero-order valence-electron chi connectivity index (χ0n) is 17.2. The van der Waals surface area contributed by atoms with Gasteiger partial charge < -0.3 is 10.1 Å². The van der Waals surface area contributed by atoms with Gasteiger partial charge in [-0.15, -0.1) is 11.3 Å². The van der Waals surface area contributed by atoms with E-state index in [1.165, 1.54) is 24.5 Å². The minimum absolute atomic E-state index is 0.171. The fourth-order valence-electron chi connectivity index (χ4n) is 3.34. The molecule has 0 spiro atoms. The van der Waals surface area contributed by atoms with E-state index in [4.69, 9.17) is 4.74 Å². The summed E-state index contributed by atoms with van der Waals surface area (Å²) < 4.78 is 20.8. The molecule has 4 aromatic rings. The number of carbonyl (C=O) groups is 1. The van der Waals surface area contributed by atoms with Gasteiger partial charge in [0.05, 0.1) is 30.1 Å². The van der Waals surface area contributed by atoms with Gasteiger partial charge in [-0.1, -0.05) is 42.5 Å². The summed E-state index contributed by atoms with van der Waals surface area (Å²) in [4.78, 5) is 14.1. The molecule has 0 saturated carbocycles. The Morgan fingerprint density at radius 3 is 2.68 bits per heavy atom. The Morgan fingerprint density at radius 1 is 1.19 bits per heavy atom. The molecule has 1 N–H and O–H groups in total. The summed E-state index contributed by atoms with van der Waals surface area (Å²) in [5.74, 6) is -0.549. The number of carbonyl (C=O) groups excluding carboxylic acids is 1. The maximum Gasteiger partial charge on any atom is 0.255 e. The number of halogens is 1. The van der Waals surface area contributed by atoms with Gasteiger partial charge in [-0.3, -0.25) is 9.48 Å². The summed E-state index contributed by atoms with van der Waals surface area (Å²) in [5, 5.41) is 9.59. The largest absolute Gasteiger partial charge is 0.494 e. The predicted molar refractivity (Wildman–Crippen MR) is 120 cm³/mol. The minimum Gasteiger partial charge on any atom is -0.494 e. The first-order chi connectivity index (χ1) is 15.0. The Labute approximate surface area is 184 Å². The second-order valence-electron chi connectivity index (χ2n) is 7.14. The average Bonchev–Trinajstić information content (AvgIpc) is 3.44. The van der Waals surface area contributed by atoms with Crippen LogP contribution in [-0.4, -0.2) is 22.8 Å². The fourth-order valence-corrected chi connectivity index (χ4v) is 4.07. The first kappa shape index (κ1) is 20.8. The molecule has 0 aliphatic rings. The Balaban J connectivity index is 1.59. The Hall–Kier alpha value is -3.45. The van der Waals surface area contributed by atoms with Crippen LogP contribution in [0.4, 0.5) is 4.39 Å². The molecule has 31 heavy (non-hydrogen) atoms. The number of ether oxygens (including phenoxy) is 1. The molecular formula is C24H22FN3O2S. The summed E-state index contributed by atoms with van der Waals surface area (Å²) >= 11 is 1.53. The summed E-state index contributed by atoms with van der Waals surface area (Å²) in [6.07, 6.45) is 1.76. The SMILES string of the molecule is COc1ccc(C(C)NC(=O)c2cn(Cc3ccccc3)nc2-c2cccs2)cc1F. The number of aromatic nitrogens is 2. The van der Waals surface area contributed by atoms with Gasteiger partial charge in [-0.25, -0.2) is 4.39 Å². The van der Waals surface area contributed by atoms with Crippen LogP contribution in [0.3, 0.4) is 0 Å². The summed E-state index contributed by atoms with van der Waals surface area (Å²) in [7, 11) is 1.42. The van der Waals surface area contributed by atoms with E-state index in [0.717, 1.165) is 10.4 Å². The maximum atomic E-state index is 14.1. The molecule has 7 heteroatoms. The van der Waals surface area contributed by atoms with Crippen LogP contribution in [0.25, 0.3) is 10.6 Å². The van der Waals surface area contributed by atoms with Crippen molar-refractivity contribution in [2.45, 2.75) is 19.5 Å². The van der Waals surface area contributed by atoms with Gasteiger partial charge in [-0.2, -0.15) is 5.10 Å². The van der Waals surface area contributed by atoms with E-state index in [9.17, 15) is 9.18 Å². The predicted octanol–water partition coefficient (Wildman–Crippen LogP) is 5.30. The molecular weight excluding hydrogens is 413 g/mol. The highest BCUT2D eigenvalue weighted by atomic mass is 32.1. The van der Waals surface area contributed by atoms with Gasteiger partial charge in [0.1, 0.15) is 5.69 Å². The van der Waals surface area contributed by atoms with Crippen LogP contribution in [0.1, 0.15) is 34.5 Å². The average molecular weight is 436 g/mol. The van der Waals surface area contributed by atoms with Crippen molar-refractivity contribution in [1.29, 1.82) is 0 Å². The minimum atomic E-state index is -0.462. The highest BCUT2D eigenvalue weighted by Crippen LogP contribution is 2.28. The van der Waals surface area contributed by atoms with Gasteiger partial charge in [-0.05, 0) is 41.6 Å². The molecule has 2 heterocycles. The lowest BCUT2D eigenvalue weighted by atomic mass is 10.1. The number of benzene rings is 2. The monoisotopic (exact) mass is 435 g/mol. The van der Waals surface area contributed by atoms with Crippen molar-refractivity contribution < 1.29 is 13.9 Å². The Bertz CT molecular complexity index is 1170. The smallest absolute Gasteiger partial charge is 0.255 e. The molecule has 0 fully saturated rings. The van der Waals surface area contributed by atoms with Gasteiger partial charge in [0.15, 0.2) is 11.6 Å². The van der Waals surface area contributed by atoms with Crippen LogP contribution in [0.15, 0.2) is 72.2 Å². The second kappa shape index (κ2) is 9.14. The molecule has 4 rings (SSSR count). The molecule has 158 valence electrons. The number of amides is 1. The second-order valence-corrected chi connectivity index (χ2v) is 8.09. The molecule has 2 aromatic heterocycles. The zero-order chi connectivity index (χ0) is 21.8. The van der Waals surface area contributed by atoms with Crippen molar-refractivity contribution in [2.75, 3.05) is 7.11 Å². The standard InChI is InChI=1S/C24H22FN3O2S/c1-16(18-10-11-21(30-2)20(25)13-18)26-24(29)19-15-28(14-17-7-4-3-5-8-17)27-23(19)22-9-6-12-31-22/h3-13,15-16H,14H2,1-2H3,(H,26,29). The van der Waals surface area contributed by atoms with Crippen LogP contribution in [0.5, 0.6) is 5.75 Å². The van der Waals surface area contributed by atoms with Gasteiger partial charge in [0.2, 0.25) is 0 Å². The number of hydrogen-bond acceptors (Lipinski definition) is 4. The Morgan fingerprint density at radius 2 is 2.00 bits per heavy atom. The number of methoxy groups -OCH3 is 1. The molecule has 0 aliphatic carbocycles. The molecule has 0 aliphatic heterocycles. The number of thiophene rings is 1. The quantitative estimate of drug-likeness (QED) is 0.429. The van der Waals surface area contributed by atoms with E-state index in [2.05, 4.69) is 10.4 Å². The van der Waals surface area contributed by atoms with E-state index < -0.39 is 5.82 Å². The number of nitrogens with one attached hydrogen (secondary N) is 1. The normalized spacial score (nSPS) is 11.8. The van der Waals surface area contributed by atoms with Crippen LogP contribution in [0.2, 0.25) is 0 Å². The molecule has 2 aromatic carbocycles. The third kappa shape index (κ3) is 4.67. The van der Waals surface area contributed by atoms with Gasteiger partial charge in [0, 0.05) is 6.20 Å². The first-order valence-corrected chi connectivity index (χ1v) is 10.7. The van der Waals surface area contributed by atoms with Crippen molar-refractivity contribution in [2.24, 2.45) is 0 Å². The third-order valence-corrected chi connectivity index (χ3v) is 5.85. The summed E-state index contributed by atoms with van der Waals surface area (Å²) in [5.41, 5.74) is 2.87. The van der Waals surface area contributed by atoms with Crippen LogP contribution >= 0.6 is 11.3 Å². The molecule has 0 saturated heterocycles. The van der Waals surface area contributed by atoms with Crippen molar-refractivity contribution in [1.82, 2.24) is 15.1 Å². The van der Waals surface area contributed by atoms with E-state index in [0.29, 0.717) is 23.4 Å². The summed E-state index contributed by atoms with van der Waals surface area (Å²) in [6.45, 7) is 2.38. The fraction of sp³-hybridized carbons (Fsp3) is 0.167. The van der Waals surface area contributed by atoms with E-state index >= 15 is 0 Å². The van der Waals surface area contributed by atoms with Gasteiger partial charge >= 0.3 is 0 Å². The lowest BCUT2D eigenvalue weighted by Gasteiger charge is -2.15. The molecule has 1 amide bonds. The topological polar surface area (TPSA) is 56.1 Å². The highest BCUT2D eigenvalue weighted by Gasteiger charge is 2.21. The number of nitrogens with zero attached hydrogens (tertiary/aromatic N) is 2. The van der Waals surface area contributed by atoms with Crippen molar-refractivity contribution in [3.63, 3.8) is 0 Å². The van der Waals surface area contributed by atoms with E-state index in [-0.39, 0.29) is 17.7 Å². The lowest BCUT2D eigenvalue weighted by molar-refractivity contribution is 0.0940. The van der Waals surface area contributed by atoms with Crippen LogP contribution in [0, 0.1) is 5.82 Å². The maximum absolute atomic E-state index is 14.1. The van der Waals surface area contributed by atoms with Crippen LogP contribution in [-0.2, 0) is 6.54 Å². The first-order valence-electron chi connectivity index (χ1n) is 9.84. The van der Waals surface area contributed by atoms with Crippen molar-refractivity contribution in [3.05, 3.63) is 94.7 Å². The highest BCUT2D eigenvalue weighted by molar-refractivity contribution is 7.13. The Kier molecular flexibility index (Phi) is 6.13. The van der Waals surface area contributed by atoms with E-state index in [1.54, 1.807) is 23.0 Å². The van der Waals surface area contributed by atoms with E-state index in [1.807, 2.05) is 54.8 Å². The number of hydrogen-bond donors (Lipinski definition) is 1. The number of rotatable bonds is 7. The molecule has 1 atom stereocenters. The molecule has 1 unspecified atom stereocenters. The molecule has 5 nitrogen and oxygen atoms in total. The van der Waals surface area contributed by atoms with Crippen LogP contribution < -0.4 is 10.1 Å². The summed E-state index contributed by atoms with van der Waals surface area (Å²) in [6, 6.07) is 18.1. The zero-order valence-corrected chi connectivity index (χ0v) is 18.0. The lowest BCUT2D eigenvalue weighted by Crippen LogP contribution is -2.26. The molecule has 0 radical (unpaired) electrons.